The van der Waals surface area contributed by atoms with Gasteiger partial charge in [-0.25, -0.2) is 0 Å². The van der Waals surface area contributed by atoms with Crippen LogP contribution in [0.5, 0.6) is 11.6 Å². The molecule has 0 aliphatic rings. The molecule has 4 heteroatoms. The minimum absolute atomic E-state index is 0.163. The van der Waals surface area contributed by atoms with Crippen molar-refractivity contribution in [2.45, 2.75) is 13.3 Å². The second-order valence-electron chi connectivity index (χ2n) is 5.57. The van der Waals surface area contributed by atoms with Crippen LogP contribution in [0.1, 0.15) is 16.7 Å². The maximum atomic E-state index is 10.0. The molecule has 0 radical (unpaired) electrons. The Labute approximate surface area is 135 Å². The fourth-order valence-corrected chi connectivity index (χ4v) is 2.63. The number of aromatic nitrogens is 1. The van der Waals surface area contributed by atoms with E-state index in [1.807, 2.05) is 43.3 Å². The van der Waals surface area contributed by atoms with Gasteiger partial charge in [-0.05, 0) is 42.7 Å². The smallest absolute Gasteiger partial charge is 0.198 e. The fraction of sp³-hybridized carbons (Fsp3) is 0.211. The van der Waals surface area contributed by atoms with E-state index in [-0.39, 0.29) is 5.88 Å². The van der Waals surface area contributed by atoms with Crippen LogP contribution in [0.15, 0.2) is 47.5 Å². The van der Waals surface area contributed by atoms with Crippen molar-refractivity contribution in [3.63, 3.8) is 0 Å². The number of H-pyrrole nitrogens is 1. The number of hydrogen-bond donors (Lipinski definition) is 2. The lowest BCUT2D eigenvalue weighted by molar-refractivity contribution is 0.414. The van der Waals surface area contributed by atoms with Gasteiger partial charge < -0.3 is 14.8 Å². The van der Waals surface area contributed by atoms with Crippen molar-refractivity contribution in [1.29, 1.82) is 0 Å². The minimum Gasteiger partial charge on any atom is -0.497 e. The summed E-state index contributed by atoms with van der Waals surface area (Å²) in [6, 6.07) is 14.0. The molecule has 3 aromatic rings. The first-order valence-electron chi connectivity index (χ1n) is 7.61. The maximum Gasteiger partial charge on any atom is 0.198 e. The number of nitrogens with one attached hydrogen (secondary N) is 1. The van der Waals surface area contributed by atoms with E-state index in [0.717, 1.165) is 34.2 Å². The van der Waals surface area contributed by atoms with E-state index in [4.69, 9.17) is 4.74 Å². The molecule has 0 aliphatic carbocycles. The van der Waals surface area contributed by atoms with Crippen LogP contribution in [-0.4, -0.2) is 30.0 Å². The van der Waals surface area contributed by atoms with Crippen LogP contribution in [0.2, 0.25) is 0 Å². The number of aromatic amines is 1. The van der Waals surface area contributed by atoms with Gasteiger partial charge in [-0.3, -0.25) is 4.99 Å². The summed E-state index contributed by atoms with van der Waals surface area (Å²) in [6.45, 7) is 2.68. The topological polar surface area (TPSA) is 57.6 Å². The average Bonchev–Trinajstić information content (AvgIpc) is 2.86. The van der Waals surface area contributed by atoms with E-state index in [1.165, 1.54) is 5.56 Å². The number of aromatic hydroxyl groups is 1. The summed E-state index contributed by atoms with van der Waals surface area (Å²) < 4.78 is 5.22. The predicted molar refractivity (Wildman–Crippen MR) is 93.9 cm³/mol. The first-order valence-corrected chi connectivity index (χ1v) is 7.61. The molecule has 0 spiro atoms. The van der Waals surface area contributed by atoms with Crippen molar-refractivity contribution >= 4 is 17.1 Å². The summed E-state index contributed by atoms with van der Waals surface area (Å²) in [5, 5.41) is 11.0. The number of hydrogen-bond acceptors (Lipinski definition) is 3. The van der Waals surface area contributed by atoms with E-state index in [1.54, 1.807) is 13.3 Å². The van der Waals surface area contributed by atoms with Crippen LogP contribution < -0.4 is 4.74 Å². The van der Waals surface area contributed by atoms with E-state index in [0.29, 0.717) is 6.54 Å². The van der Waals surface area contributed by atoms with Gasteiger partial charge in [-0.1, -0.05) is 24.3 Å². The van der Waals surface area contributed by atoms with Crippen LogP contribution >= 0.6 is 0 Å². The first kappa shape index (κ1) is 15.2. The number of aliphatic imine (C=N–C) groups is 1. The number of nitrogens with zero attached hydrogens (tertiary/aromatic N) is 1. The Morgan fingerprint density at radius 3 is 2.91 bits per heavy atom. The highest BCUT2D eigenvalue weighted by molar-refractivity contribution is 6.02. The Morgan fingerprint density at radius 2 is 2.09 bits per heavy atom. The molecule has 0 saturated heterocycles. The molecule has 0 atom stereocenters. The maximum absolute atomic E-state index is 10.0. The highest BCUT2D eigenvalue weighted by atomic mass is 16.5. The zero-order chi connectivity index (χ0) is 16.2. The zero-order valence-corrected chi connectivity index (χ0v) is 13.3. The molecule has 23 heavy (non-hydrogen) atoms. The summed E-state index contributed by atoms with van der Waals surface area (Å²) in [4.78, 5) is 7.44. The average molecular weight is 308 g/mol. The number of ether oxygens (including phenoxy) is 1. The van der Waals surface area contributed by atoms with Crippen molar-refractivity contribution in [2.75, 3.05) is 13.7 Å². The summed E-state index contributed by atoms with van der Waals surface area (Å²) in [6.07, 6.45) is 2.57. The molecule has 0 saturated carbocycles. The van der Waals surface area contributed by atoms with Crippen LogP contribution in [-0.2, 0) is 6.42 Å². The molecule has 2 N–H and O–H groups in total. The molecule has 1 aromatic heterocycles. The van der Waals surface area contributed by atoms with E-state index in [9.17, 15) is 5.11 Å². The Bertz CT molecular complexity index is 850. The minimum atomic E-state index is 0.163. The van der Waals surface area contributed by atoms with Gasteiger partial charge in [0.15, 0.2) is 5.88 Å². The van der Waals surface area contributed by atoms with Crippen molar-refractivity contribution in [3.8, 4) is 11.6 Å². The van der Waals surface area contributed by atoms with Crippen LogP contribution in [0.25, 0.3) is 10.9 Å². The third kappa shape index (κ3) is 3.37. The SMILES string of the molecule is COc1cccc(CCN=Cc2c(O)[nH]c3cc(C)ccc23)c1. The number of aryl methyl sites for hydroxylation is 1. The van der Waals surface area contributed by atoms with E-state index in [2.05, 4.69) is 16.0 Å². The predicted octanol–water partition coefficient (Wildman–Crippen LogP) is 3.85. The zero-order valence-electron chi connectivity index (χ0n) is 13.3. The van der Waals surface area contributed by atoms with Gasteiger partial charge in [0.1, 0.15) is 5.75 Å². The molecule has 0 unspecified atom stereocenters. The van der Waals surface area contributed by atoms with Crippen LogP contribution in [0.3, 0.4) is 0 Å². The second-order valence-corrected chi connectivity index (χ2v) is 5.57. The van der Waals surface area contributed by atoms with Gasteiger partial charge in [0.2, 0.25) is 0 Å². The Hall–Kier alpha value is -2.75. The third-order valence-corrected chi connectivity index (χ3v) is 3.86. The highest BCUT2D eigenvalue weighted by Crippen LogP contribution is 2.26. The lowest BCUT2D eigenvalue weighted by Crippen LogP contribution is -1.92. The largest absolute Gasteiger partial charge is 0.497 e. The number of benzene rings is 2. The standard InChI is InChI=1S/C19H20N2O2/c1-13-6-7-16-17(19(22)21-18(16)10-13)12-20-9-8-14-4-3-5-15(11-14)23-2/h3-7,10-12,21-22H,8-9H2,1-2H3. The lowest BCUT2D eigenvalue weighted by Gasteiger charge is -2.02. The summed E-state index contributed by atoms with van der Waals surface area (Å²) in [7, 11) is 1.67. The second kappa shape index (κ2) is 6.57. The summed E-state index contributed by atoms with van der Waals surface area (Å²) >= 11 is 0. The summed E-state index contributed by atoms with van der Waals surface area (Å²) in [5.74, 6) is 1.02. The van der Waals surface area contributed by atoms with Gasteiger partial charge in [-0.2, -0.15) is 0 Å². The van der Waals surface area contributed by atoms with Gasteiger partial charge >= 0.3 is 0 Å². The Balaban J connectivity index is 1.72. The van der Waals surface area contributed by atoms with Gasteiger partial charge in [0.05, 0.1) is 12.7 Å². The normalized spacial score (nSPS) is 11.4. The molecule has 1 heterocycles. The van der Waals surface area contributed by atoms with Crippen LogP contribution in [0, 0.1) is 6.92 Å². The Morgan fingerprint density at radius 1 is 1.22 bits per heavy atom. The van der Waals surface area contributed by atoms with Crippen molar-refractivity contribution < 1.29 is 9.84 Å². The van der Waals surface area contributed by atoms with Crippen molar-refractivity contribution in [1.82, 2.24) is 4.98 Å². The fourth-order valence-electron chi connectivity index (χ4n) is 2.63. The molecule has 118 valence electrons. The molecule has 2 aromatic carbocycles. The van der Waals surface area contributed by atoms with Gasteiger partial charge in [-0.15, -0.1) is 0 Å². The van der Waals surface area contributed by atoms with Crippen molar-refractivity contribution in [2.24, 2.45) is 4.99 Å². The van der Waals surface area contributed by atoms with E-state index >= 15 is 0 Å². The number of methoxy groups -OCH3 is 1. The monoisotopic (exact) mass is 308 g/mol. The van der Waals surface area contributed by atoms with Crippen molar-refractivity contribution in [3.05, 3.63) is 59.2 Å². The summed E-state index contributed by atoms with van der Waals surface area (Å²) in [5.41, 5.74) is 4.00. The third-order valence-electron chi connectivity index (χ3n) is 3.86. The molecule has 0 aliphatic heterocycles. The molecule has 3 rings (SSSR count). The highest BCUT2D eigenvalue weighted by Gasteiger charge is 2.08. The molecular weight excluding hydrogens is 288 g/mol. The number of rotatable bonds is 5. The first-order chi connectivity index (χ1) is 11.2. The quantitative estimate of drug-likeness (QED) is 0.703. The van der Waals surface area contributed by atoms with Gasteiger partial charge in [0.25, 0.3) is 0 Å². The molecule has 0 amide bonds. The molecule has 0 bridgehead atoms. The number of fused-ring (bicyclic) bond motifs is 1. The molecule has 0 fully saturated rings. The molecular formula is C19H20N2O2. The van der Waals surface area contributed by atoms with Crippen LogP contribution in [0.4, 0.5) is 0 Å². The molecule has 4 nitrogen and oxygen atoms in total. The lowest BCUT2D eigenvalue weighted by atomic mass is 10.1. The van der Waals surface area contributed by atoms with E-state index < -0.39 is 0 Å². The van der Waals surface area contributed by atoms with Gasteiger partial charge in [0, 0.05) is 23.7 Å². The Kier molecular flexibility index (Phi) is 4.33.